The number of hydrogen-bond acceptors (Lipinski definition) is 4. The van der Waals surface area contributed by atoms with Crippen LogP contribution in [0.2, 0.25) is 0 Å². The molecule has 3 nitrogen and oxygen atoms in total. The van der Waals surface area contributed by atoms with Crippen LogP contribution in [0.5, 0.6) is 0 Å². The van der Waals surface area contributed by atoms with Crippen LogP contribution in [-0.2, 0) is 21.7 Å². The third kappa shape index (κ3) is 5.25. The normalized spacial score (nSPS) is 17.2. The molecule has 0 bridgehead atoms. The molecule has 2 aliphatic heterocycles. The van der Waals surface area contributed by atoms with Crippen molar-refractivity contribution in [1.82, 2.24) is 0 Å². The average molecular weight is 863 g/mol. The number of benzene rings is 7. The summed E-state index contributed by atoms with van der Waals surface area (Å²) < 4.78 is 8.08. The maximum Gasteiger partial charge on any atom is 0.334 e. The fourth-order valence-electron chi connectivity index (χ4n) is 12.6. The molecule has 4 heterocycles. The van der Waals surface area contributed by atoms with Crippen molar-refractivity contribution in [3.63, 3.8) is 0 Å². The Kier molecular flexibility index (Phi) is 7.78. The predicted octanol–water partition coefficient (Wildman–Crippen LogP) is 15.8. The number of para-hydroxylation sites is 1. The summed E-state index contributed by atoms with van der Waals surface area (Å²) in [6.07, 6.45) is 2.36. The standard InChI is InChI=1S/C60H55BN2OS/c1-34-29-45-46(59(7,8)28-27-58(45,5)6)32-47(34)62-55-52-42(37-17-11-14-20-44(37)60(52,9)10)31-43-40-30-41-38-18-12-15-21-49(38)64-50(41)33-48(40)63(36-25-23-35(24-26-36)57(2,3)4)61(53(43)55)54-39-19-13-16-22-51(39)65-56(54)62/h11-26,29-33H,27-28H2,1-10H3. The van der Waals surface area contributed by atoms with Crippen LogP contribution in [0.4, 0.5) is 27.8 Å². The van der Waals surface area contributed by atoms with Gasteiger partial charge in [0.1, 0.15) is 11.2 Å². The lowest BCUT2D eigenvalue weighted by molar-refractivity contribution is 0.332. The first-order valence-corrected chi connectivity index (χ1v) is 24.5. The molecule has 65 heavy (non-hydrogen) atoms. The van der Waals surface area contributed by atoms with Crippen LogP contribution < -0.4 is 20.6 Å². The molecule has 0 N–H and O–H groups in total. The molecule has 4 aliphatic rings. The zero-order valence-corrected chi connectivity index (χ0v) is 40.1. The van der Waals surface area contributed by atoms with Crippen molar-refractivity contribution in [3.05, 3.63) is 161 Å². The first-order valence-electron chi connectivity index (χ1n) is 23.7. The summed E-state index contributed by atoms with van der Waals surface area (Å²) in [5, 5.41) is 4.94. The molecule has 0 saturated heterocycles. The average Bonchev–Trinajstić information content (AvgIpc) is 3.92. The van der Waals surface area contributed by atoms with Crippen molar-refractivity contribution < 1.29 is 4.42 Å². The smallest absolute Gasteiger partial charge is 0.334 e. The zero-order chi connectivity index (χ0) is 44.7. The predicted molar refractivity (Wildman–Crippen MR) is 279 cm³/mol. The highest BCUT2D eigenvalue weighted by Gasteiger charge is 2.52. The third-order valence-electron chi connectivity index (χ3n) is 16.2. The quantitative estimate of drug-likeness (QED) is 0.161. The van der Waals surface area contributed by atoms with E-state index in [1.165, 1.54) is 117 Å². The molecule has 13 rings (SSSR count). The number of anilines is 5. The summed E-state index contributed by atoms with van der Waals surface area (Å²) in [6, 6.07) is 49.0. The van der Waals surface area contributed by atoms with Gasteiger partial charge in [0, 0.05) is 49.6 Å². The van der Waals surface area contributed by atoms with E-state index in [2.05, 4.69) is 206 Å². The van der Waals surface area contributed by atoms with E-state index in [0.29, 0.717) is 0 Å². The van der Waals surface area contributed by atoms with Crippen molar-refractivity contribution >= 4 is 88.9 Å². The topological polar surface area (TPSA) is 19.6 Å². The Morgan fingerprint density at radius 3 is 2.02 bits per heavy atom. The number of aryl methyl sites for hydroxylation is 1. The van der Waals surface area contributed by atoms with E-state index in [4.69, 9.17) is 4.42 Å². The van der Waals surface area contributed by atoms with E-state index in [1.807, 2.05) is 11.3 Å². The summed E-state index contributed by atoms with van der Waals surface area (Å²) in [4.78, 5) is 5.45. The van der Waals surface area contributed by atoms with Gasteiger partial charge in [-0.15, -0.1) is 11.3 Å². The van der Waals surface area contributed by atoms with E-state index in [0.717, 1.165) is 21.9 Å². The Morgan fingerprint density at radius 2 is 1.26 bits per heavy atom. The summed E-state index contributed by atoms with van der Waals surface area (Å²) >= 11 is 1.96. The summed E-state index contributed by atoms with van der Waals surface area (Å²) in [6.45, 7) is 24.0. The molecule has 7 aromatic carbocycles. The number of furan rings is 1. The Bertz CT molecular complexity index is 3540. The van der Waals surface area contributed by atoms with Crippen molar-refractivity contribution in [2.24, 2.45) is 0 Å². The van der Waals surface area contributed by atoms with E-state index in [1.54, 1.807) is 0 Å². The number of fused-ring (bicyclic) bond motifs is 14. The first-order chi connectivity index (χ1) is 31.0. The third-order valence-corrected chi connectivity index (χ3v) is 17.3. The van der Waals surface area contributed by atoms with Gasteiger partial charge in [0.2, 0.25) is 0 Å². The zero-order valence-electron chi connectivity index (χ0n) is 39.3. The van der Waals surface area contributed by atoms with Gasteiger partial charge in [0.25, 0.3) is 0 Å². The second-order valence-electron chi connectivity index (χ2n) is 22.4. The molecule has 0 atom stereocenters. The molecule has 0 saturated carbocycles. The Morgan fingerprint density at radius 1 is 0.585 bits per heavy atom. The van der Waals surface area contributed by atoms with E-state index in [9.17, 15) is 0 Å². The number of rotatable bonds is 2. The molecule has 0 unspecified atom stereocenters. The van der Waals surface area contributed by atoms with Crippen LogP contribution in [-0.4, -0.2) is 6.85 Å². The van der Waals surface area contributed by atoms with Gasteiger partial charge in [0.15, 0.2) is 0 Å². The van der Waals surface area contributed by atoms with Crippen molar-refractivity contribution in [2.45, 2.75) is 104 Å². The van der Waals surface area contributed by atoms with Gasteiger partial charge in [0.05, 0.1) is 10.7 Å². The van der Waals surface area contributed by atoms with E-state index < -0.39 is 0 Å². The van der Waals surface area contributed by atoms with Crippen molar-refractivity contribution in [3.8, 4) is 22.3 Å². The highest BCUT2D eigenvalue weighted by atomic mass is 32.1. The molecule has 0 radical (unpaired) electrons. The van der Waals surface area contributed by atoms with Gasteiger partial charge in [-0.3, -0.25) is 0 Å². The van der Waals surface area contributed by atoms with Crippen LogP contribution in [0, 0.1) is 6.92 Å². The second-order valence-corrected chi connectivity index (χ2v) is 23.4. The molecule has 0 spiro atoms. The maximum atomic E-state index is 6.77. The largest absolute Gasteiger partial charge is 0.456 e. The van der Waals surface area contributed by atoms with E-state index >= 15 is 0 Å². The van der Waals surface area contributed by atoms with Crippen LogP contribution in [0.1, 0.15) is 109 Å². The first kappa shape index (κ1) is 39.3. The molecule has 2 aliphatic carbocycles. The number of nitrogens with zero attached hydrogens (tertiary/aromatic N) is 2. The van der Waals surface area contributed by atoms with Gasteiger partial charge >= 0.3 is 6.85 Å². The fourth-order valence-corrected chi connectivity index (χ4v) is 13.8. The molecule has 9 aromatic rings. The van der Waals surface area contributed by atoms with E-state index in [-0.39, 0.29) is 28.5 Å². The number of thiophene rings is 1. The lowest BCUT2D eigenvalue weighted by Gasteiger charge is -2.47. The lowest BCUT2D eigenvalue weighted by atomic mass is 9.43. The lowest BCUT2D eigenvalue weighted by Crippen LogP contribution is -2.61. The minimum Gasteiger partial charge on any atom is -0.456 e. The summed E-state index contributed by atoms with van der Waals surface area (Å²) in [7, 11) is 0. The Labute approximate surface area is 387 Å². The monoisotopic (exact) mass is 862 g/mol. The molecule has 0 amide bonds. The van der Waals surface area contributed by atoms with Gasteiger partial charge < -0.3 is 14.1 Å². The minimum absolute atomic E-state index is 0.0261. The molecular weight excluding hydrogens is 808 g/mol. The Hall–Kier alpha value is -6.04. The fraction of sp³-hybridized carbons (Fsp3) is 0.267. The van der Waals surface area contributed by atoms with Crippen molar-refractivity contribution in [2.75, 3.05) is 9.71 Å². The maximum absolute atomic E-state index is 6.77. The summed E-state index contributed by atoms with van der Waals surface area (Å²) in [5.74, 6) is 0. The van der Waals surface area contributed by atoms with Crippen LogP contribution >= 0.6 is 11.3 Å². The number of hydrogen-bond donors (Lipinski definition) is 0. The minimum atomic E-state index is -0.263. The molecule has 2 aromatic heterocycles. The second kappa shape index (κ2) is 12.9. The molecule has 320 valence electrons. The van der Waals surface area contributed by atoms with Crippen LogP contribution in [0.15, 0.2) is 132 Å². The van der Waals surface area contributed by atoms with Gasteiger partial charge in [-0.2, -0.15) is 0 Å². The SMILES string of the molecule is Cc1cc2c(cc1N1c3sc4ccccc4c3B3c4c(cc5c(c41)C(C)(C)c1ccccc1-5)-c1cc4c(cc1N3c1ccc(C(C)(C)C)cc1)oc1ccccc14)C(C)(C)CCC2(C)C. The van der Waals surface area contributed by atoms with Gasteiger partial charge in [-0.1, -0.05) is 141 Å². The molecular formula is C60H55BN2OS. The molecule has 0 fully saturated rings. The Balaban J connectivity index is 1.22. The highest BCUT2D eigenvalue weighted by Crippen LogP contribution is 2.60. The highest BCUT2D eigenvalue weighted by molar-refractivity contribution is 7.26. The van der Waals surface area contributed by atoms with Gasteiger partial charge in [-0.25, -0.2) is 0 Å². The summed E-state index contributed by atoms with van der Waals surface area (Å²) in [5.41, 5.74) is 23.2. The van der Waals surface area contributed by atoms with Crippen LogP contribution in [0.25, 0.3) is 54.3 Å². The van der Waals surface area contributed by atoms with Crippen molar-refractivity contribution in [1.29, 1.82) is 0 Å². The molecule has 5 heteroatoms. The van der Waals surface area contributed by atoms with Gasteiger partial charge in [-0.05, 0) is 145 Å². The van der Waals surface area contributed by atoms with Crippen LogP contribution in [0.3, 0.4) is 0 Å².